The molecular weight excluding hydrogens is 316 g/mol. The van der Waals surface area contributed by atoms with Gasteiger partial charge in [-0.15, -0.1) is 0 Å². The normalized spacial score (nSPS) is 20.4. The Balaban J connectivity index is 2.27. The first-order chi connectivity index (χ1) is 8.09. The second kappa shape index (κ2) is 5.59. The molecule has 17 heavy (non-hydrogen) atoms. The molecule has 2 rings (SSSR count). The van der Waals surface area contributed by atoms with Gasteiger partial charge in [0.25, 0.3) is 0 Å². The van der Waals surface area contributed by atoms with Crippen molar-refractivity contribution in [2.45, 2.75) is 13.0 Å². The summed E-state index contributed by atoms with van der Waals surface area (Å²) < 4.78 is 0.980. The molecule has 1 aliphatic heterocycles. The minimum Gasteiger partial charge on any atom is -0.389 e. The Morgan fingerprint density at radius 1 is 1.59 bits per heavy atom. The van der Waals surface area contributed by atoms with Gasteiger partial charge in [0.15, 0.2) is 0 Å². The van der Waals surface area contributed by atoms with Crippen molar-refractivity contribution >= 4 is 50.6 Å². The van der Waals surface area contributed by atoms with E-state index in [0.29, 0.717) is 11.0 Å². The molecule has 92 valence electrons. The van der Waals surface area contributed by atoms with Crippen molar-refractivity contribution in [3.8, 4) is 0 Å². The highest BCUT2D eigenvalue weighted by atomic mass is 79.9. The maximum Gasteiger partial charge on any atom is 0.105 e. The van der Waals surface area contributed by atoms with Crippen LogP contribution in [0, 0.1) is 0 Å². The molecule has 1 atom stereocenters. The van der Waals surface area contributed by atoms with E-state index in [9.17, 15) is 0 Å². The summed E-state index contributed by atoms with van der Waals surface area (Å²) in [6.07, 6.45) is 0. The fraction of sp³-hybridized carbons (Fsp3) is 0.417. The molecule has 5 heteroatoms. The topological polar surface area (TPSA) is 29.3 Å². The van der Waals surface area contributed by atoms with E-state index < -0.39 is 0 Å². The minimum atomic E-state index is 0.436. The van der Waals surface area contributed by atoms with E-state index in [1.807, 2.05) is 17.8 Å². The molecule has 1 aromatic carbocycles. The van der Waals surface area contributed by atoms with Gasteiger partial charge in [-0.3, -0.25) is 0 Å². The van der Waals surface area contributed by atoms with Gasteiger partial charge in [0.05, 0.1) is 0 Å². The van der Waals surface area contributed by atoms with Crippen LogP contribution in [0.25, 0.3) is 0 Å². The first kappa shape index (κ1) is 13.2. The lowest BCUT2D eigenvalue weighted by atomic mass is 10.1. The summed E-state index contributed by atoms with van der Waals surface area (Å²) in [6, 6.07) is 6.79. The van der Waals surface area contributed by atoms with Gasteiger partial charge in [0.2, 0.25) is 0 Å². The molecule has 1 saturated heterocycles. The monoisotopic (exact) mass is 330 g/mol. The Morgan fingerprint density at radius 2 is 2.35 bits per heavy atom. The second-order valence-corrected chi connectivity index (χ2v) is 6.59. The lowest BCUT2D eigenvalue weighted by Crippen LogP contribution is -2.40. The molecule has 1 unspecified atom stereocenters. The molecule has 0 aromatic heterocycles. The van der Waals surface area contributed by atoms with Crippen LogP contribution in [0.1, 0.15) is 12.5 Å². The van der Waals surface area contributed by atoms with Crippen molar-refractivity contribution in [2.24, 2.45) is 5.73 Å². The van der Waals surface area contributed by atoms with E-state index in [-0.39, 0.29) is 0 Å². The van der Waals surface area contributed by atoms with Crippen LogP contribution in [0.2, 0.25) is 0 Å². The number of hydrogen-bond acceptors (Lipinski definition) is 3. The number of benzene rings is 1. The van der Waals surface area contributed by atoms with E-state index in [4.69, 9.17) is 18.0 Å². The summed E-state index contributed by atoms with van der Waals surface area (Å²) in [4.78, 5) is 2.87. The summed E-state index contributed by atoms with van der Waals surface area (Å²) in [7, 11) is 0. The number of anilines is 1. The maximum atomic E-state index is 5.65. The quantitative estimate of drug-likeness (QED) is 0.844. The van der Waals surface area contributed by atoms with E-state index >= 15 is 0 Å². The molecule has 1 fully saturated rings. The highest BCUT2D eigenvalue weighted by Crippen LogP contribution is 2.28. The number of thioether (sulfide) groups is 1. The molecule has 1 aromatic rings. The van der Waals surface area contributed by atoms with Crippen LogP contribution in [0.15, 0.2) is 22.7 Å². The van der Waals surface area contributed by atoms with E-state index in [0.717, 1.165) is 16.6 Å². The number of nitrogens with zero attached hydrogens (tertiary/aromatic N) is 1. The number of halogens is 1. The molecule has 0 spiro atoms. The zero-order valence-corrected chi connectivity index (χ0v) is 12.9. The smallest absolute Gasteiger partial charge is 0.105 e. The van der Waals surface area contributed by atoms with Gasteiger partial charge in [-0.2, -0.15) is 11.8 Å². The van der Waals surface area contributed by atoms with Crippen LogP contribution in [0.4, 0.5) is 5.69 Å². The standard InChI is InChI=1S/C12H15BrN2S2/c1-8-7-17-5-4-15(8)9-2-3-10(12(14)16)11(13)6-9/h2-3,6,8H,4-5,7H2,1H3,(H2,14,16). The number of rotatable bonds is 2. The zero-order valence-electron chi connectivity index (χ0n) is 9.65. The highest BCUT2D eigenvalue weighted by Gasteiger charge is 2.19. The van der Waals surface area contributed by atoms with Crippen molar-refractivity contribution in [3.63, 3.8) is 0 Å². The number of thiocarbonyl (C=S) groups is 1. The highest BCUT2D eigenvalue weighted by molar-refractivity contribution is 9.10. The zero-order chi connectivity index (χ0) is 12.4. The van der Waals surface area contributed by atoms with Crippen molar-refractivity contribution in [3.05, 3.63) is 28.2 Å². The predicted octanol–water partition coefficient (Wildman–Crippen LogP) is 3.03. The number of nitrogens with two attached hydrogens (primary N) is 1. The predicted molar refractivity (Wildman–Crippen MR) is 84.2 cm³/mol. The lowest BCUT2D eigenvalue weighted by molar-refractivity contribution is 0.700. The molecule has 0 radical (unpaired) electrons. The second-order valence-electron chi connectivity index (χ2n) is 4.15. The third-order valence-electron chi connectivity index (χ3n) is 2.92. The fourth-order valence-electron chi connectivity index (χ4n) is 1.99. The Morgan fingerprint density at radius 3 is 2.94 bits per heavy atom. The van der Waals surface area contributed by atoms with E-state index in [1.54, 1.807) is 0 Å². The average Bonchev–Trinajstić information content (AvgIpc) is 2.29. The summed E-state index contributed by atoms with van der Waals surface area (Å²) >= 11 is 10.6. The van der Waals surface area contributed by atoms with Crippen LogP contribution < -0.4 is 10.6 Å². The molecule has 2 nitrogen and oxygen atoms in total. The molecule has 0 bridgehead atoms. The Bertz CT molecular complexity index is 437. The maximum absolute atomic E-state index is 5.65. The third kappa shape index (κ3) is 2.95. The van der Waals surface area contributed by atoms with E-state index in [2.05, 4.69) is 39.9 Å². The first-order valence-corrected chi connectivity index (χ1v) is 7.89. The number of hydrogen-bond donors (Lipinski definition) is 1. The molecule has 0 aliphatic carbocycles. The lowest BCUT2D eigenvalue weighted by Gasteiger charge is -2.35. The van der Waals surface area contributed by atoms with Crippen molar-refractivity contribution in [1.29, 1.82) is 0 Å². The van der Waals surface area contributed by atoms with Gasteiger partial charge in [0, 0.05) is 39.8 Å². The van der Waals surface area contributed by atoms with E-state index in [1.165, 1.54) is 17.2 Å². The Hall–Kier alpha value is -0.260. The van der Waals surface area contributed by atoms with Gasteiger partial charge < -0.3 is 10.6 Å². The molecule has 1 heterocycles. The van der Waals surface area contributed by atoms with Crippen LogP contribution in [0.5, 0.6) is 0 Å². The molecule has 0 saturated carbocycles. The Labute approximate surface area is 120 Å². The van der Waals surface area contributed by atoms with Crippen molar-refractivity contribution in [2.75, 3.05) is 23.0 Å². The molecule has 2 N–H and O–H groups in total. The van der Waals surface area contributed by atoms with Gasteiger partial charge in [0.1, 0.15) is 4.99 Å². The first-order valence-electron chi connectivity index (χ1n) is 5.53. The molecular formula is C12H15BrN2S2. The van der Waals surface area contributed by atoms with Crippen molar-refractivity contribution < 1.29 is 0 Å². The van der Waals surface area contributed by atoms with Gasteiger partial charge in [-0.25, -0.2) is 0 Å². The van der Waals surface area contributed by atoms with Crippen molar-refractivity contribution in [1.82, 2.24) is 0 Å². The minimum absolute atomic E-state index is 0.436. The Kier molecular flexibility index (Phi) is 4.33. The van der Waals surface area contributed by atoms with Crippen LogP contribution in [-0.2, 0) is 0 Å². The summed E-state index contributed by atoms with van der Waals surface area (Å²) in [5.41, 5.74) is 7.80. The fourth-order valence-corrected chi connectivity index (χ4v) is 3.90. The van der Waals surface area contributed by atoms with Crippen LogP contribution in [0.3, 0.4) is 0 Å². The van der Waals surface area contributed by atoms with Crippen LogP contribution in [-0.4, -0.2) is 29.1 Å². The third-order valence-corrected chi connectivity index (χ3v) is 4.98. The van der Waals surface area contributed by atoms with Crippen LogP contribution >= 0.6 is 39.9 Å². The SMILES string of the molecule is CC1CSCCN1c1ccc(C(N)=S)c(Br)c1. The molecule has 1 aliphatic rings. The van der Waals surface area contributed by atoms with Gasteiger partial charge in [-0.05, 0) is 41.1 Å². The summed E-state index contributed by atoms with van der Waals surface area (Å²) in [5.74, 6) is 2.38. The largest absolute Gasteiger partial charge is 0.389 e. The summed E-state index contributed by atoms with van der Waals surface area (Å²) in [6.45, 7) is 3.37. The van der Waals surface area contributed by atoms with Gasteiger partial charge >= 0.3 is 0 Å². The molecule has 0 amide bonds. The summed E-state index contributed by atoms with van der Waals surface area (Å²) in [5, 5.41) is 0. The van der Waals surface area contributed by atoms with Gasteiger partial charge in [-0.1, -0.05) is 12.2 Å². The average molecular weight is 331 g/mol.